The molecule has 0 aromatic heterocycles. The normalized spacial score (nSPS) is 34.3. The lowest BCUT2D eigenvalue weighted by molar-refractivity contribution is -0.205. The molecule has 1 rings (SSSR count). The molecule has 0 aliphatic carbocycles. The smallest absolute Gasteiger partial charge is 0.132 e. The van der Waals surface area contributed by atoms with Gasteiger partial charge in [0.15, 0.2) is 0 Å². The fourth-order valence-electron chi connectivity index (χ4n) is 1.89. The molecule has 5 atom stereocenters. The predicted octanol–water partition coefficient (Wildman–Crippen LogP) is -1.17. The first-order valence-electron chi connectivity index (χ1n) is 6.07. The second kappa shape index (κ2) is 7.74. The maximum absolute atomic E-state index is 11.3. The molecule has 19 heavy (non-hydrogen) atoms. The fraction of sp³-hybridized carbons (Fsp3) is 1.00. The summed E-state index contributed by atoms with van der Waals surface area (Å²) >= 11 is 0. The van der Waals surface area contributed by atoms with Gasteiger partial charge in [0.25, 0.3) is 0 Å². The first-order chi connectivity index (χ1) is 8.89. The largest absolute Gasteiger partial charge is 0.779 e. The molecule has 0 saturated carbocycles. The zero-order chi connectivity index (χ0) is 14.5. The highest BCUT2D eigenvalue weighted by atomic mass is 31.2. The summed E-state index contributed by atoms with van der Waals surface area (Å²) in [6.07, 6.45) is -1.40. The van der Waals surface area contributed by atoms with Gasteiger partial charge < -0.3 is 33.9 Å². The van der Waals surface area contributed by atoms with Crippen LogP contribution in [-0.4, -0.2) is 65.7 Å². The van der Waals surface area contributed by atoms with Crippen LogP contribution in [0.3, 0.4) is 0 Å². The van der Waals surface area contributed by atoms with E-state index in [4.69, 9.17) is 32.3 Å². The number of methoxy groups -OCH3 is 1. The molecule has 0 amide bonds. The van der Waals surface area contributed by atoms with Crippen molar-refractivity contribution in [1.82, 2.24) is 0 Å². The van der Waals surface area contributed by atoms with Crippen molar-refractivity contribution in [1.29, 1.82) is 0 Å². The maximum atomic E-state index is 11.3. The van der Waals surface area contributed by atoms with E-state index in [1.54, 1.807) is 0 Å². The maximum Gasteiger partial charge on any atom is 0.132 e. The van der Waals surface area contributed by atoms with E-state index in [1.807, 2.05) is 0 Å². The summed E-state index contributed by atoms with van der Waals surface area (Å²) in [7, 11) is 3.34. The van der Waals surface area contributed by atoms with Crippen molar-refractivity contribution in [3.05, 3.63) is 0 Å². The third-order valence-corrected chi connectivity index (χ3v) is 3.28. The Morgan fingerprint density at radius 2 is 2.16 bits per heavy atom. The van der Waals surface area contributed by atoms with Crippen LogP contribution in [0.2, 0.25) is 0 Å². The van der Waals surface area contributed by atoms with E-state index in [0.717, 1.165) is 6.66 Å². The molecule has 1 aliphatic heterocycles. The highest BCUT2D eigenvalue weighted by Crippen LogP contribution is 2.39. The van der Waals surface area contributed by atoms with Gasteiger partial charge in [-0.2, -0.15) is 0 Å². The van der Waals surface area contributed by atoms with Crippen molar-refractivity contribution in [2.75, 3.05) is 33.5 Å². The Labute approximate surface area is 114 Å². The summed E-state index contributed by atoms with van der Waals surface area (Å²) in [6, 6.07) is -0.755. The minimum atomic E-state index is -3.92. The van der Waals surface area contributed by atoms with Crippen molar-refractivity contribution in [2.24, 2.45) is 5.73 Å². The third kappa shape index (κ3) is 5.51. The van der Waals surface area contributed by atoms with Crippen LogP contribution in [-0.2, 0) is 23.3 Å². The molecule has 0 spiro atoms. The molecule has 0 aromatic carbocycles. The van der Waals surface area contributed by atoms with Crippen LogP contribution in [0.4, 0.5) is 0 Å². The lowest BCUT2D eigenvalue weighted by Crippen LogP contribution is -2.39. The van der Waals surface area contributed by atoms with Gasteiger partial charge in [0.05, 0.1) is 6.61 Å². The lowest BCUT2D eigenvalue weighted by atomic mass is 9.93. The number of rotatable bonds is 8. The summed E-state index contributed by atoms with van der Waals surface area (Å²) in [6.45, 7) is 2.01. The van der Waals surface area contributed by atoms with E-state index >= 15 is 0 Å². The predicted molar refractivity (Wildman–Crippen MR) is 68.1 cm³/mol. The monoisotopic (exact) mass is 292 g/mol. The highest BCUT2D eigenvalue weighted by Gasteiger charge is 2.44. The van der Waals surface area contributed by atoms with Gasteiger partial charge >= 0.3 is 0 Å². The Kier molecular flexibility index (Phi) is 6.97. The van der Waals surface area contributed by atoms with Gasteiger partial charge in [-0.1, -0.05) is 0 Å². The van der Waals surface area contributed by atoms with E-state index in [2.05, 4.69) is 0 Å². The molecular formula is C10H20BNO6P-. The van der Waals surface area contributed by atoms with Crippen molar-refractivity contribution in [3.63, 3.8) is 0 Å². The molecule has 2 radical (unpaired) electrons. The number of nitrogens with two attached hydrogens (primary N) is 1. The Balaban J connectivity index is 2.70. The number of ether oxygens (including phenoxy) is 3. The van der Waals surface area contributed by atoms with Gasteiger partial charge in [-0.05, 0) is 13.0 Å². The van der Waals surface area contributed by atoms with Crippen molar-refractivity contribution < 1.29 is 28.2 Å². The molecule has 7 nitrogen and oxygen atoms in total. The molecule has 9 heteroatoms. The van der Waals surface area contributed by atoms with Crippen LogP contribution in [0.15, 0.2) is 0 Å². The first-order valence-corrected chi connectivity index (χ1v) is 8.06. The van der Waals surface area contributed by atoms with Crippen molar-refractivity contribution in [2.45, 2.75) is 30.7 Å². The molecule has 0 bridgehead atoms. The van der Waals surface area contributed by atoms with E-state index < -0.39 is 31.9 Å². The van der Waals surface area contributed by atoms with Gasteiger partial charge in [-0.15, -0.1) is 0 Å². The molecule has 110 valence electrons. The van der Waals surface area contributed by atoms with Gasteiger partial charge in [0.2, 0.25) is 0 Å². The number of hydrogen-bond donors (Lipinski definition) is 1. The zero-order valence-electron chi connectivity index (χ0n) is 11.2. The zero-order valence-corrected chi connectivity index (χ0v) is 12.1. The third-order valence-electron chi connectivity index (χ3n) is 2.65. The Morgan fingerprint density at radius 3 is 2.68 bits per heavy atom. The topological polar surface area (TPSA) is 103 Å². The number of hydrogen-bond acceptors (Lipinski definition) is 7. The summed E-state index contributed by atoms with van der Waals surface area (Å²) in [5.74, 6) is 0. The van der Waals surface area contributed by atoms with Crippen LogP contribution in [0.1, 0.15) is 6.42 Å². The Bertz CT molecular complexity index is 314. The highest BCUT2D eigenvalue weighted by molar-refractivity contribution is 7.50. The van der Waals surface area contributed by atoms with Gasteiger partial charge in [-0.25, -0.2) is 0 Å². The Hall–Kier alpha value is 0.0549. The second-order valence-electron chi connectivity index (χ2n) is 4.41. The van der Waals surface area contributed by atoms with Crippen LogP contribution in [0.5, 0.6) is 0 Å². The molecule has 1 fully saturated rings. The Morgan fingerprint density at radius 1 is 1.47 bits per heavy atom. The second-order valence-corrected chi connectivity index (χ2v) is 6.17. The van der Waals surface area contributed by atoms with Crippen molar-refractivity contribution >= 4 is 15.4 Å². The van der Waals surface area contributed by atoms with Crippen LogP contribution in [0, 0.1) is 0 Å². The van der Waals surface area contributed by atoms with Gasteiger partial charge in [0.1, 0.15) is 33.8 Å². The average molecular weight is 292 g/mol. The molecule has 2 unspecified atom stereocenters. The molecular weight excluding hydrogens is 272 g/mol. The average Bonchev–Trinajstić information content (AvgIpc) is 2.56. The van der Waals surface area contributed by atoms with E-state index in [9.17, 15) is 9.46 Å². The molecule has 1 saturated heterocycles. The van der Waals surface area contributed by atoms with Crippen LogP contribution < -0.4 is 10.6 Å². The summed E-state index contributed by atoms with van der Waals surface area (Å²) in [5.41, 5.74) is 5.37. The van der Waals surface area contributed by atoms with Gasteiger partial charge in [0, 0.05) is 26.4 Å². The summed E-state index contributed by atoms with van der Waals surface area (Å²) in [5, 5.41) is 0. The SMILES string of the molecule is [B][C@@H]1O[C@H](COC)C(OP(C)(=O)[O-])[C@@H]1OCCCN. The summed E-state index contributed by atoms with van der Waals surface area (Å²) < 4.78 is 32.2. The minimum absolute atomic E-state index is 0.176. The van der Waals surface area contributed by atoms with Gasteiger partial charge in [-0.3, -0.25) is 0 Å². The van der Waals surface area contributed by atoms with Crippen LogP contribution in [0.25, 0.3) is 0 Å². The van der Waals surface area contributed by atoms with Crippen LogP contribution >= 0.6 is 7.60 Å². The van der Waals surface area contributed by atoms with E-state index in [0.29, 0.717) is 19.6 Å². The molecule has 2 N–H and O–H groups in total. The van der Waals surface area contributed by atoms with Crippen molar-refractivity contribution in [3.8, 4) is 0 Å². The lowest BCUT2D eigenvalue weighted by Gasteiger charge is -2.29. The minimum Gasteiger partial charge on any atom is -0.779 e. The molecule has 0 aromatic rings. The fourth-order valence-corrected chi connectivity index (χ4v) is 2.59. The summed E-state index contributed by atoms with van der Waals surface area (Å²) in [4.78, 5) is 11.3. The molecule has 1 aliphatic rings. The van der Waals surface area contributed by atoms with E-state index in [1.165, 1.54) is 7.11 Å². The van der Waals surface area contributed by atoms with E-state index in [-0.39, 0.29) is 6.61 Å². The first kappa shape index (κ1) is 17.1. The standard InChI is InChI=1S/C10H21BNO6P/c1-15-6-7-8(18-19(2,13)14)9(10(11)17-7)16-5-3-4-12/h7-10H,3-6,12H2,1-2H3,(H,13,14)/p-1/t7-,8?,9+,10-/m1/s1. The quantitative estimate of drug-likeness (QED) is 0.341. The molecule has 1 heterocycles.